The first-order valence-corrected chi connectivity index (χ1v) is 8.30. The summed E-state index contributed by atoms with van der Waals surface area (Å²) in [5, 5.41) is 9.11. The Morgan fingerprint density at radius 3 is 2.57 bits per heavy atom. The largest absolute Gasteiger partial charge is 0.481 e. The number of carboxylic acid groups (broad SMARTS) is 1. The van der Waals surface area contributed by atoms with E-state index in [0.717, 1.165) is 64.5 Å². The van der Waals surface area contributed by atoms with Crippen LogP contribution in [-0.2, 0) is 16.1 Å². The van der Waals surface area contributed by atoms with Gasteiger partial charge in [0.2, 0.25) is 0 Å². The van der Waals surface area contributed by atoms with Gasteiger partial charge in [0.15, 0.2) is 0 Å². The van der Waals surface area contributed by atoms with E-state index in [2.05, 4.69) is 15.9 Å². The van der Waals surface area contributed by atoms with Crippen molar-refractivity contribution >= 4 is 17.3 Å². The zero-order valence-electron chi connectivity index (χ0n) is 13.4. The van der Waals surface area contributed by atoms with E-state index in [1.54, 1.807) is 0 Å². The highest BCUT2D eigenvalue weighted by molar-refractivity contribution is 5.70. The molecule has 2 aliphatic rings. The van der Waals surface area contributed by atoms with Crippen molar-refractivity contribution in [1.82, 2.24) is 4.90 Å². The highest BCUT2D eigenvalue weighted by Crippen LogP contribution is 2.27. The fourth-order valence-corrected chi connectivity index (χ4v) is 3.42. The predicted molar refractivity (Wildman–Crippen MR) is 89.5 cm³/mol. The van der Waals surface area contributed by atoms with Crippen LogP contribution in [0.3, 0.4) is 0 Å². The number of carboxylic acids is 1. The van der Waals surface area contributed by atoms with Crippen LogP contribution in [0.25, 0.3) is 0 Å². The van der Waals surface area contributed by atoms with Crippen LogP contribution >= 0.6 is 0 Å². The molecule has 2 aliphatic heterocycles. The third-order valence-electron chi connectivity index (χ3n) is 4.79. The lowest BCUT2D eigenvalue weighted by Gasteiger charge is -2.34. The summed E-state index contributed by atoms with van der Waals surface area (Å²) in [5.41, 5.74) is 9.21. The second-order valence-corrected chi connectivity index (χ2v) is 6.38. The minimum absolute atomic E-state index is 0.189. The van der Waals surface area contributed by atoms with Crippen molar-refractivity contribution < 1.29 is 14.6 Å². The van der Waals surface area contributed by atoms with Crippen LogP contribution in [0.4, 0.5) is 11.4 Å². The first kappa shape index (κ1) is 16.1. The first-order valence-electron chi connectivity index (χ1n) is 8.30. The number of nitrogen functional groups attached to an aromatic ring is 1. The molecule has 0 unspecified atom stereocenters. The van der Waals surface area contributed by atoms with E-state index >= 15 is 0 Å². The maximum Gasteiger partial charge on any atom is 0.306 e. The molecule has 1 aromatic carbocycles. The van der Waals surface area contributed by atoms with E-state index in [4.69, 9.17) is 15.6 Å². The second kappa shape index (κ2) is 7.19. The number of hydrogen-bond donors (Lipinski definition) is 2. The van der Waals surface area contributed by atoms with E-state index < -0.39 is 5.97 Å². The van der Waals surface area contributed by atoms with E-state index in [1.807, 2.05) is 12.1 Å². The molecule has 6 nitrogen and oxygen atoms in total. The molecule has 2 heterocycles. The van der Waals surface area contributed by atoms with E-state index in [1.165, 1.54) is 11.3 Å². The Bertz CT molecular complexity index is 550. The Balaban J connectivity index is 1.69. The molecular formula is C17H25N3O3. The van der Waals surface area contributed by atoms with Crippen LogP contribution in [0.15, 0.2) is 18.2 Å². The normalized spacial score (nSPS) is 20.6. The zero-order chi connectivity index (χ0) is 16.2. The number of rotatable bonds is 4. The molecule has 2 fully saturated rings. The summed E-state index contributed by atoms with van der Waals surface area (Å²) in [6.07, 6.45) is 1.45. The van der Waals surface area contributed by atoms with Gasteiger partial charge in [-0.05, 0) is 49.7 Å². The molecule has 0 spiro atoms. The molecular weight excluding hydrogens is 294 g/mol. The quantitative estimate of drug-likeness (QED) is 0.817. The van der Waals surface area contributed by atoms with Crippen LogP contribution in [0.1, 0.15) is 18.4 Å². The van der Waals surface area contributed by atoms with Crippen molar-refractivity contribution in [2.45, 2.75) is 19.4 Å². The van der Waals surface area contributed by atoms with Gasteiger partial charge in [0.1, 0.15) is 0 Å². The first-order chi connectivity index (χ1) is 11.1. The third kappa shape index (κ3) is 3.95. The third-order valence-corrected chi connectivity index (χ3v) is 4.79. The summed E-state index contributed by atoms with van der Waals surface area (Å²) in [6.45, 7) is 5.80. The Kier molecular flexibility index (Phi) is 5.03. The predicted octanol–water partition coefficient (Wildman–Crippen LogP) is 1.40. The SMILES string of the molecule is Nc1ccc(N2CCOCC2)c(CN2CCC(C(=O)O)CC2)c1. The molecule has 126 valence electrons. The van der Waals surface area contributed by atoms with Gasteiger partial charge in [0.25, 0.3) is 0 Å². The fourth-order valence-electron chi connectivity index (χ4n) is 3.42. The summed E-state index contributed by atoms with van der Waals surface area (Å²) >= 11 is 0. The molecule has 0 aliphatic carbocycles. The summed E-state index contributed by atoms with van der Waals surface area (Å²) in [6, 6.07) is 6.10. The number of morpholine rings is 1. The summed E-state index contributed by atoms with van der Waals surface area (Å²) < 4.78 is 5.44. The van der Waals surface area contributed by atoms with Gasteiger partial charge in [-0.15, -0.1) is 0 Å². The Labute approximate surface area is 136 Å². The number of anilines is 2. The maximum atomic E-state index is 11.1. The topological polar surface area (TPSA) is 79.0 Å². The molecule has 0 saturated carbocycles. The van der Waals surface area contributed by atoms with Gasteiger partial charge < -0.3 is 20.5 Å². The average Bonchev–Trinajstić information content (AvgIpc) is 2.56. The number of benzene rings is 1. The lowest BCUT2D eigenvalue weighted by molar-refractivity contribution is -0.143. The van der Waals surface area contributed by atoms with Crippen molar-refractivity contribution in [3.8, 4) is 0 Å². The van der Waals surface area contributed by atoms with Crippen LogP contribution in [0.5, 0.6) is 0 Å². The summed E-state index contributed by atoms with van der Waals surface area (Å²) in [4.78, 5) is 15.8. The second-order valence-electron chi connectivity index (χ2n) is 6.38. The summed E-state index contributed by atoms with van der Waals surface area (Å²) in [5.74, 6) is -0.853. The number of ether oxygens (including phenoxy) is 1. The minimum Gasteiger partial charge on any atom is -0.481 e. The van der Waals surface area contributed by atoms with E-state index in [-0.39, 0.29) is 5.92 Å². The van der Waals surface area contributed by atoms with Crippen molar-refractivity contribution in [2.24, 2.45) is 5.92 Å². The number of likely N-dealkylation sites (tertiary alicyclic amines) is 1. The molecule has 0 radical (unpaired) electrons. The Hall–Kier alpha value is -1.79. The van der Waals surface area contributed by atoms with E-state index in [0.29, 0.717) is 0 Å². The molecule has 0 atom stereocenters. The van der Waals surface area contributed by atoms with Gasteiger partial charge in [-0.3, -0.25) is 9.69 Å². The number of hydrogen-bond acceptors (Lipinski definition) is 5. The van der Waals surface area contributed by atoms with Gasteiger partial charge >= 0.3 is 5.97 Å². The lowest BCUT2D eigenvalue weighted by Crippen LogP contribution is -2.38. The molecule has 1 aromatic rings. The Morgan fingerprint density at radius 2 is 1.91 bits per heavy atom. The highest BCUT2D eigenvalue weighted by Gasteiger charge is 2.25. The molecule has 0 bridgehead atoms. The Morgan fingerprint density at radius 1 is 1.22 bits per heavy atom. The highest BCUT2D eigenvalue weighted by atomic mass is 16.5. The molecule has 0 aromatic heterocycles. The van der Waals surface area contributed by atoms with Gasteiger partial charge in [0.05, 0.1) is 19.1 Å². The average molecular weight is 319 g/mol. The molecule has 23 heavy (non-hydrogen) atoms. The van der Waals surface area contributed by atoms with Crippen LogP contribution in [0, 0.1) is 5.92 Å². The standard InChI is InChI=1S/C17H25N3O3/c18-15-1-2-16(20-7-9-23-10-8-20)14(11-15)12-19-5-3-13(4-6-19)17(21)22/h1-2,11,13H,3-10,12,18H2,(H,21,22). The van der Waals surface area contributed by atoms with Gasteiger partial charge in [-0.25, -0.2) is 0 Å². The van der Waals surface area contributed by atoms with Gasteiger partial charge in [-0.2, -0.15) is 0 Å². The molecule has 0 amide bonds. The van der Waals surface area contributed by atoms with Crippen LogP contribution in [-0.4, -0.2) is 55.4 Å². The lowest BCUT2D eigenvalue weighted by atomic mass is 9.96. The minimum atomic E-state index is -0.664. The maximum absolute atomic E-state index is 11.1. The number of nitrogens with two attached hydrogens (primary N) is 1. The zero-order valence-corrected chi connectivity index (χ0v) is 13.4. The number of piperidine rings is 1. The number of carbonyl (C=O) groups is 1. The van der Waals surface area contributed by atoms with Crippen molar-refractivity contribution in [3.63, 3.8) is 0 Å². The smallest absolute Gasteiger partial charge is 0.306 e. The molecule has 6 heteroatoms. The van der Waals surface area contributed by atoms with E-state index in [9.17, 15) is 4.79 Å². The molecule has 2 saturated heterocycles. The number of aliphatic carboxylic acids is 1. The number of nitrogens with zero attached hydrogens (tertiary/aromatic N) is 2. The molecule has 3 N–H and O–H groups in total. The van der Waals surface area contributed by atoms with Crippen LogP contribution < -0.4 is 10.6 Å². The van der Waals surface area contributed by atoms with Crippen molar-refractivity contribution in [3.05, 3.63) is 23.8 Å². The van der Waals surface area contributed by atoms with Crippen LogP contribution in [0.2, 0.25) is 0 Å². The van der Waals surface area contributed by atoms with Gasteiger partial charge in [0, 0.05) is 31.0 Å². The summed E-state index contributed by atoms with van der Waals surface area (Å²) in [7, 11) is 0. The monoisotopic (exact) mass is 319 g/mol. The van der Waals surface area contributed by atoms with Crippen molar-refractivity contribution in [2.75, 3.05) is 50.0 Å². The molecule has 3 rings (SSSR count). The fraction of sp³-hybridized carbons (Fsp3) is 0.588. The van der Waals surface area contributed by atoms with Crippen molar-refractivity contribution in [1.29, 1.82) is 0 Å². The van der Waals surface area contributed by atoms with Gasteiger partial charge in [-0.1, -0.05) is 0 Å².